The molecule has 0 amide bonds. The van der Waals surface area contributed by atoms with E-state index < -0.39 is 0 Å². The summed E-state index contributed by atoms with van der Waals surface area (Å²) in [7, 11) is 0. The van der Waals surface area contributed by atoms with Gasteiger partial charge in [-0.25, -0.2) is 0 Å². The summed E-state index contributed by atoms with van der Waals surface area (Å²) in [5, 5.41) is 3.69. The van der Waals surface area contributed by atoms with Crippen LogP contribution in [0.4, 0.5) is 0 Å². The lowest BCUT2D eigenvalue weighted by Crippen LogP contribution is -2.47. The number of fused-ring (bicyclic) bond motifs is 2. The minimum absolute atomic E-state index is 0.592. The SMILES string of the molecule is C1=C2N[C@@H]3CCCC[C@@H]3N=C2CCC1. The zero-order valence-corrected chi connectivity index (χ0v) is 8.63. The number of allylic oxidation sites excluding steroid dienone is 2. The number of nitrogens with zero attached hydrogens (tertiary/aromatic N) is 1. The Hall–Kier alpha value is -0.790. The molecule has 3 rings (SSSR count). The van der Waals surface area contributed by atoms with Gasteiger partial charge in [-0.2, -0.15) is 0 Å². The third-order valence-corrected chi connectivity index (χ3v) is 3.67. The highest BCUT2D eigenvalue weighted by Crippen LogP contribution is 2.28. The Labute approximate surface area is 85.5 Å². The highest BCUT2D eigenvalue weighted by molar-refractivity contribution is 6.01. The normalized spacial score (nSPS) is 36.0. The van der Waals surface area contributed by atoms with E-state index in [1.54, 1.807) is 0 Å². The minimum atomic E-state index is 0.592. The summed E-state index contributed by atoms with van der Waals surface area (Å²) in [5.41, 5.74) is 2.72. The summed E-state index contributed by atoms with van der Waals surface area (Å²) in [5.74, 6) is 0. The van der Waals surface area contributed by atoms with E-state index in [0.29, 0.717) is 12.1 Å². The van der Waals surface area contributed by atoms with Crippen molar-refractivity contribution in [1.82, 2.24) is 5.32 Å². The maximum absolute atomic E-state index is 4.91. The van der Waals surface area contributed by atoms with Gasteiger partial charge in [0, 0.05) is 6.04 Å². The molecule has 2 atom stereocenters. The molecule has 2 nitrogen and oxygen atoms in total. The molecule has 1 N–H and O–H groups in total. The first kappa shape index (κ1) is 8.51. The van der Waals surface area contributed by atoms with Crippen LogP contribution in [0.1, 0.15) is 44.9 Å². The first-order valence-electron chi connectivity index (χ1n) is 5.97. The quantitative estimate of drug-likeness (QED) is 0.623. The van der Waals surface area contributed by atoms with Gasteiger partial charge in [-0.05, 0) is 32.1 Å². The fourth-order valence-corrected chi connectivity index (χ4v) is 2.88. The molecule has 1 aliphatic heterocycles. The number of nitrogens with one attached hydrogen (secondary N) is 1. The van der Waals surface area contributed by atoms with Gasteiger partial charge in [0.1, 0.15) is 0 Å². The largest absolute Gasteiger partial charge is 0.379 e. The van der Waals surface area contributed by atoms with Crippen molar-refractivity contribution in [2.45, 2.75) is 57.0 Å². The van der Waals surface area contributed by atoms with Crippen LogP contribution in [0.25, 0.3) is 0 Å². The number of aliphatic imine (C=N–C) groups is 1. The molecule has 1 heterocycles. The summed E-state index contributed by atoms with van der Waals surface area (Å²) in [4.78, 5) is 4.91. The molecule has 1 fully saturated rings. The number of hydrogen-bond acceptors (Lipinski definition) is 2. The molecule has 0 saturated heterocycles. The summed E-state index contributed by atoms with van der Waals surface area (Å²) in [6.45, 7) is 0. The van der Waals surface area contributed by atoms with Crippen LogP contribution in [-0.4, -0.2) is 17.8 Å². The Balaban J connectivity index is 1.88. The summed E-state index contributed by atoms with van der Waals surface area (Å²) in [6, 6.07) is 1.24. The van der Waals surface area contributed by atoms with Crippen LogP contribution in [0.3, 0.4) is 0 Å². The molecule has 0 unspecified atom stereocenters. The van der Waals surface area contributed by atoms with Crippen molar-refractivity contribution in [3.63, 3.8) is 0 Å². The molecule has 1 saturated carbocycles. The van der Waals surface area contributed by atoms with E-state index in [2.05, 4.69) is 11.4 Å². The van der Waals surface area contributed by atoms with Crippen LogP contribution in [-0.2, 0) is 0 Å². The molecule has 0 radical (unpaired) electrons. The van der Waals surface area contributed by atoms with E-state index in [9.17, 15) is 0 Å². The molecule has 14 heavy (non-hydrogen) atoms. The molecular formula is C12H18N2. The monoisotopic (exact) mass is 190 g/mol. The second-order valence-corrected chi connectivity index (χ2v) is 4.69. The Morgan fingerprint density at radius 1 is 1.21 bits per heavy atom. The molecule has 0 aromatic carbocycles. The topological polar surface area (TPSA) is 24.4 Å². The van der Waals surface area contributed by atoms with Crippen molar-refractivity contribution < 1.29 is 0 Å². The first-order chi connectivity index (χ1) is 6.93. The van der Waals surface area contributed by atoms with E-state index in [-0.39, 0.29) is 0 Å². The second-order valence-electron chi connectivity index (χ2n) is 4.69. The Kier molecular flexibility index (Phi) is 2.07. The van der Waals surface area contributed by atoms with Crippen molar-refractivity contribution in [3.05, 3.63) is 11.8 Å². The maximum atomic E-state index is 4.91. The van der Waals surface area contributed by atoms with Crippen LogP contribution in [0.2, 0.25) is 0 Å². The molecule has 0 aromatic rings. The number of rotatable bonds is 0. The third-order valence-electron chi connectivity index (χ3n) is 3.67. The van der Waals surface area contributed by atoms with Crippen molar-refractivity contribution in [3.8, 4) is 0 Å². The van der Waals surface area contributed by atoms with E-state index >= 15 is 0 Å². The molecule has 0 spiro atoms. The molecular weight excluding hydrogens is 172 g/mol. The van der Waals surface area contributed by atoms with Gasteiger partial charge in [-0.1, -0.05) is 18.9 Å². The van der Waals surface area contributed by atoms with Crippen molar-refractivity contribution in [1.29, 1.82) is 0 Å². The fraction of sp³-hybridized carbons (Fsp3) is 0.750. The number of hydrogen-bond donors (Lipinski definition) is 1. The predicted molar refractivity (Wildman–Crippen MR) is 58.5 cm³/mol. The highest BCUT2D eigenvalue weighted by Gasteiger charge is 2.30. The summed E-state index contributed by atoms with van der Waals surface area (Å²) < 4.78 is 0. The van der Waals surface area contributed by atoms with Gasteiger partial charge in [-0.3, -0.25) is 4.99 Å². The van der Waals surface area contributed by atoms with E-state index in [1.165, 1.54) is 56.4 Å². The van der Waals surface area contributed by atoms with Crippen LogP contribution in [0.15, 0.2) is 16.8 Å². The van der Waals surface area contributed by atoms with Crippen LogP contribution in [0.5, 0.6) is 0 Å². The molecule has 76 valence electrons. The zero-order chi connectivity index (χ0) is 9.38. The Bertz CT molecular complexity index is 291. The molecule has 2 heteroatoms. The van der Waals surface area contributed by atoms with Gasteiger partial charge in [0.05, 0.1) is 17.5 Å². The average molecular weight is 190 g/mol. The summed E-state index contributed by atoms with van der Waals surface area (Å²) in [6.07, 6.45) is 11.4. The fourth-order valence-electron chi connectivity index (χ4n) is 2.88. The molecule has 2 aliphatic carbocycles. The van der Waals surface area contributed by atoms with E-state index in [0.717, 1.165) is 0 Å². The highest BCUT2D eigenvalue weighted by atomic mass is 15.1. The maximum Gasteiger partial charge on any atom is 0.0704 e. The Morgan fingerprint density at radius 2 is 2.14 bits per heavy atom. The van der Waals surface area contributed by atoms with Gasteiger partial charge in [0.2, 0.25) is 0 Å². The zero-order valence-electron chi connectivity index (χ0n) is 8.63. The first-order valence-corrected chi connectivity index (χ1v) is 5.97. The van der Waals surface area contributed by atoms with Crippen LogP contribution >= 0.6 is 0 Å². The van der Waals surface area contributed by atoms with Crippen molar-refractivity contribution >= 4 is 5.71 Å². The third kappa shape index (κ3) is 1.37. The van der Waals surface area contributed by atoms with Crippen molar-refractivity contribution in [2.24, 2.45) is 4.99 Å². The summed E-state index contributed by atoms with van der Waals surface area (Å²) >= 11 is 0. The van der Waals surface area contributed by atoms with Gasteiger partial charge in [-0.15, -0.1) is 0 Å². The Morgan fingerprint density at radius 3 is 3.14 bits per heavy atom. The molecule has 0 bridgehead atoms. The smallest absolute Gasteiger partial charge is 0.0704 e. The minimum Gasteiger partial charge on any atom is -0.379 e. The van der Waals surface area contributed by atoms with Gasteiger partial charge in [0.25, 0.3) is 0 Å². The lowest BCUT2D eigenvalue weighted by molar-refractivity contribution is 0.340. The van der Waals surface area contributed by atoms with Gasteiger partial charge in [0.15, 0.2) is 0 Å². The molecule has 0 aromatic heterocycles. The van der Waals surface area contributed by atoms with Crippen LogP contribution in [0, 0.1) is 0 Å². The average Bonchev–Trinajstić information content (AvgIpc) is 2.26. The van der Waals surface area contributed by atoms with E-state index in [1.807, 2.05) is 0 Å². The lowest BCUT2D eigenvalue weighted by Gasteiger charge is -2.37. The van der Waals surface area contributed by atoms with E-state index in [4.69, 9.17) is 4.99 Å². The lowest BCUT2D eigenvalue weighted by atomic mass is 9.87. The van der Waals surface area contributed by atoms with Crippen LogP contribution < -0.4 is 5.32 Å². The van der Waals surface area contributed by atoms with Crippen molar-refractivity contribution in [2.75, 3.05) is 0 Å². The standard InChI is InChI=1S/C12H18N2/c1-2-6-10-9(5-1)13-11-7-3-4-8-12(11)14-10/h5,11-13H,1-4,6-8H2/t11-,12+/m1/s1. The van der Waals surface area contributed by atoms with Gasteiger partial charge >= 0.3 is 0 Å². The second kappa shape index (κ2) is 3.41. The van der Waals surface area contributed by atoms with Gasteiger partial charge < -0.3 is 5.32 Å². The predicted octanol–water partition coefficient (Wildman–Crippen LogP) is 2.41. The molecule has 3 aliphatic rings.